The van der Waals surface area contributed by atoms with E-state index >= 15 is 0 Å². The molecule has 64 valence electrons. The standard InChI is InChI=1S/C6H11NO2S2/c1-6(8)10-11-7-2-4-9-5-3-7/h2-5H2,1H3. The first-order chi connectivity index (χ1) is 5.29. The molecule has 11 heavy (non-hydrogen) atoms. The second-order valence-corrected chi connectivity index (χ2v) is 4.55. The van der Waals surface area contributed by atoms with Crippen molar-refractivity contribution in [1.29, 1.82) is 0 Å². The topological polar surface area (TPSA) is 29.5 Å². The lowest BCUT2D eigenvalue weighted by Crippen LogP contribution is -2.30. The molecule has 1 saturated heterocycles. The zero-order valence-electron chi connectivity index (χ0n) is 6.41. The van der Waals surface area contributed by atoms with E-state index in [9.17, 15) is 4.79 Å². The molecule has 3 nitrogen and oxygen atoms in total. The largest absolute Gasteiger partial charge is 0.379 e. The molecule has 1 aliphatic heterocycles. The predicted molar refractivity (Wildman–Crippen MR) is 48.3 cm³/mol. The van der Waals surface area contributed by atoms with Gasteiger partial charge in [0.15, 0.2) is 5.12 Å². The van der Waals surface area contributed by atoms with Crippen molar-refractivity contribution in [3.8, 4) is 0 Å². The molecular formula is C6H11NO2S2. The predicted octanol–water partition coefficient (Wildman–Crippen LogP) is 1.16. The van der Waals surface area contributed by atoms with E-state index in [0.29, 0.717) is 0 Å². The Morgan fingerprint density at radius 3 is 2.64 bits per heavy atom. The summed E-state index contributed by atoms with van der Waals surface area (Å²) in [4.78, 5) is 10.6. The molecule has 0 aromatic rings. The zero-order chi connectivity index (χ0) is 8.10. The van der Waals surface area contributed by atoms with Crippen LogP contribution in [0.1, 0.15) is 6.92 Å². The van der Waals surface area contributed by atoms with Crippen LogP contribution in [0.4, 0.5) is 0 Å². The van der Waals surface area contributed by atoms with E-state index in [-0.39, 0.29) is 5.12 Å². The minimum Gasteiger partial charge on any atom is -0.379 e. The normalized spacial score (nSPS) is 20.1. The molecule has 1 aliphatic rings. The van der Waals surface area contributed by atoms with Crippen molar-refractivity contribution < 1.29 is 9.53 Å². The van der Waals surface area contributed by atoms with Gasteiger partial charge < -0.3 is 4.74 Å². The third kappa shape index (κ3) is 4.00. The van der Waals surface area contributed by atoms with Crippen LogP contribution in [0.15, 0.2) is 0 Å². The van der Waals surface area contributed by atoms with Gasteiger partial charge in [-0.2, -0.15) is 0 Å². The molecular weight excluding hydrogens is 182 g/mol. The summed E-state index contributed by atoms with van der Waals surface area (Å²) in [5, 5.41) is 0.154. The van der Waals surface area contributed by atoms with Crippen molar-refractivity contribution in [3.05, 3.63) is 0 Å². The molecule has 0 radical (unpaired) electrons. The highest BCUT2D eigenvalue weighted by atomic mass is 33.1. The van der Waals surface area contributed by atoms with Crippen LogP contribution in [0.25, 0.3) is 0 Å². The molecule has 0 aliphatic carbocycles. The molecule has 0 N–H and O–H groups in total. The summed E-state index contributed by atoms with van der Waals surface area (Å²) in [5.41, 5.74) is 0. The van der Waals surface area contributed by atoms with E-state index in [0.717, 1.165) is 26.3 Å². The highest BCUT2D eigenvalue weighted by molar-refractivity contribution is 8.81. The van der Waals surface area contributed by atoms with Gasteiger partial charge in [-0.3, -0.25) is 4.79 Å². The lowest BCUT2D eigenvalue weighted by atomic mass is 10.5. The van der Waals surface area contributed by atoms with Crippen molar-refractivity contribution in [2.45, 2.75) is 6.92 Å². The highest BCUT2D eigenvalue weighted by Crippen LogP contribution is 2.26. The van der Waals surface area contributed by atoms with Crippen LogP contribution in [0, 0.1) is 0 Å². The van der Waals surface area contributed by atoms with Crippen LogP contribution in [0.5, 0.6) is 0 Å². The summed E-state index contributed by atoms with van der Waals surface area (Å²) in [6.45, 7) is 4.99. The molecule has 0 spiro atoms. The van der Waals surface area contributed by atoms with Gasteiger partial charge in [0, 0.05) is 20.0 Å². The second-order valence-electron chi connectivity index (χ2n) is 2.19. The van der Waals surface area contributed by atoms with E-state index in [1.807, 2.05) is 0 Å². The minimum atomic E-state index is 0.154. The van der Waals surface area contributed by atoms with Crippen LogP contribution in [0.3, 0.4) is 0 Å². The lowest BCUT2D eigenvalue weighted by Gasteiger charge is -2.23. The molecule has 0 bridgehead atoms. The van der Waals surface area contributed by atoms with Crippen molar-refractivity contribution in [2.24, 2.45) is 0 Å². The van der Waals surface area contributed by atoms with Gasteiger partial charge in [0.2, 0.25) is 0 Å². The van der Waals surface area contributed by atoms with Gasteiger partial charge in [0.1, 0.15) is 0 Å². The summed E-state index contributed by atoms with van der Waals surface area (Å²) < 4.78 is 7.31. The molecule has 1 heterocycles. The van der Waals surface area contributed by atoms with Crippen LogP contribution >= 0.6 is 21.8 Å². The Morgan fingerprint density at radius 2 is 2.09 bits per heavy atom. The van der Waals surface area contributed by atoms with E-state index in [1.165, 1.54) is 21.8 Å². The fourth-order valence-corrected chi connectivity index (χ4v) is 2.31. The third-order valence-corrected chi connectivity index (χ3v) is 3.68. The summed E-state index contributed by atoms with van der Waals surface area (Å²) in [7, 11) is 2.81. The van der Waals surface area contributed by atoms with Gasteiger partial charge in [-0.1, -0.05) is 0 Å². The number of nitrogens with zero attached hydrogens (tertiary/aromatic N) is 1. The van der Waals surface area contributed by atoms with Gasteiger partial charge >= 0.3 is 0 Å². The maximum Gasteiger partial charge on any atom is 0.197 e. The molecule has 0 aromatic heterocycles. The van der Waals surface area contributed by atoms with E-state index in [1.54, 1.807) is 6.92 Å². The number of rotatable bonds is 2. The molecule has 0 amide bonds. The average Bonchev–Trinajstić information content (AvgIpc) is 2.03. The third-order valence-electron chi connectivity index (χ3n) is 1.23. The number of carbonyl (C=O) groups excluding carboxylic acids is 1. The fraction of sp³-hybridized carbons (Fsp3) is 0.833. The Morgan fingerprint density at radius 1 is 1.45 bits per heavy atom. The summed E-state index contributed by atoms with van der Waals surface area (Å²) in [6, 6.07) is 0. The molecule has 0 saturated carbocycles. The lowest BCUT2D eigenvalue weighted by molar-refractivity contribution is -0.109. The van der Waals surface area contributed by atoms with Gasteiger partial charge in [-0.05, 0) is 21.8 Å². The Bertz CT molecular complexity index is 137. The van der Waals surface area contributed by atoms with Gasteiger partial charge in [-0.25, -0.2) is 4.31 Å². The van der Waals surface area contributed by atoms with Crippen molar-refractivity contribution in [1.82, 2.24) is 4.31 Å². The number of ether oxygens (including phenoxy) is 1. The SMILES string of the molecule is CC(=O)SSN1CCOCC1. The smallest absolute Gasteiger partial charge is 0.197 e. The number of hydrogen-bond acceptors (Lipinski definition) is 5. The monoisotopic (exact) mass is 193 g/mol. The second kappa shape index (κ2) is 5.03. The first-order valence-corrected chi connectivity index (χ1v) is 5.57. The van der Waals surface area contributed by atoms with Crippen LogP contribution < -0.4 is 0 Å². The quantitative estimate of drug-likeness (QED) is 0.485. The van der Waals surface area contributed by atoms with E-state index in [4.69, 9.17) is 4.74 Å². The fourth-order valence-electron chi connectivity index (χ4n) is 0.726. The minimum absolute atomic E-state index is 0.154. The van der Waals surface area contributed by atoms with Crippen molar-refractivity contribution in [3.63, 3.8) is 0 Å². The Kier molecular flexibility index (Phi) is 4.29. The van der Waals surface area contributed by atoms with Crippen LogP contribution in [-0.4, -0.2) is 35.7 Å². The van der Waals surface area contributed by atoms with Gasteiger partial charge in [0.25, 0.3) is 0 Å². The Labute approximate surface area is 74.4 Å². The van der Waals surface area contributed by atoms with Crippen LogP contribution in [-0.2, 0) is 9.53 Å². The Hall–Kier alpha value is 0.290. The summed E-state index contributed by atoms with van der Waals surface area (Å²) in [5.74, 6) is 0. The maximum atomic E-state index is 10.6. The molecule has 0 unspecified atom stereocenters. The highest BCUT2D eigenvalue weighted by Gasteiger charge is 2.11. The van der Waals surface area contributed by atoms with Crippen molar-refractivity contribution in [2.75, 3.05) is 26.3 Å². The summed E-state index contributed by atoms with van der Waals surface area (Å²) in [6.07, 6.45) is 0. The number of carbonyl (C=O) groups is 1. The Balaban J connectivity index is 2.09. The maximum absolute atomic E-state index is 10.6. The molecule has 5 heteroatoms. The summed E-state index contributed by atoms with van der Waals surface area (Å²) >= 11 is 0. The van der Waals surface area contributed by atoms with Gasteiger partial charge in [0.05, 0.1) is 13.2 Å². The molecule has 0 atom stereocenters. The first kappa shape index (κ1) is 9.38. The van der Waals surface area contributed by atoms with Crippen LogP contribution in [0.2, 0.25) is 0 Å². The van der Waals surface area contributed by atoms with Crippen molar-refractivity contribution >= 4 is 26.9 Å². The van der Waals surface area contributed by atoms with E-state index < -0.39 is 0 Å². The number of hydrogen-bond donors (Lipinski definition) is 0. The zero-order valence-corrected chi connectivity index (χ0v) is 8.04. The first-order valence-electron chi connectivity index (χ1n) is 3.47. The number of morpholine rings is 1. The molecule has 0 aromatic carbocycles. The molecule has 1 rings (SSSR count). The van der Waals surface area contributed by atoms with Gasteiger partial charge in [-0.15, -0.1) is 0 Å². The molecule has 1 fully saturated rings. The van der Waals surface area contributed by atoms with E-state index in [2.05, 4.69) is 4.31 Å². The average molecular weight is 193 g/mol.